The summed E-state index contributed by atoms with van der Waals surface area (Å²) in [7, 11) is 5.54. The zero-order chi connectivity index (χ0) is 10.3. The van der Waals surface area contributed by atoms with Crippen LogP contribution in [0.1, 0.15) is 27.2 Å². The fraction of sp³-hybridized carbons (Fsp3) is 0.545. The molecule has 0 heterocycles. The monoisotopic (exact) mass is 175 g/mol. The summed E-state index contributed by atoms with van der Waals surface area (Å²) in [6.45, 7) is 5.92. The van der Waals surface area contributed by atoms with Crippen LogP contribution in [-0.4, -0.2) is 13.6 Å². The van der Waals surface area contributed by atoms with Gasteiger partial charge in [-0.25, -0.2) is 0 Å². The average molecular weight is 175 g/mol. The Bertz CT molecular complexity index is 216. The molecule has 0 aliphatic rings. The lowest BCUT2D eigenvalue weighted by Crippen LogP contribution is -1.94. The second-order valence-corrected chi connectivity index (χ2v) is 3.42. The third-order valence-corrected chi connectivity index (χ3v) is 1.90. The number of nitrogens with one attached hydrogen (secondary N) is 1. The van der Waals surface area contributed by atoms with E-state index >= 15 is 0 Å². The second kappa shape index (κ2) is 6.70. The third-order valence-electron chi connectivity index (χ3n) is 1.90. The van der Waals surface area contributed by atoms with E-state index in [4.69, 9.17) is 13.3 Å². The Morgan fingerprint density at radius 3 is 2.46 bits per heavy atom. The lowest BCUT2D eigenvalue weighted by atomic mass is 9.87. The molecule has 0 amide bonds. The van der Waals surface area contributed by atoms with E-state index < -0.39 is 0 Å². The van der Waals surface area contributed by atoms with Crippen molar-refractivity contribution in [2.24, 2.45) is 5.92 Å². The van der Waals surface area contributed by atoms with Crippen molar-refractivity contribution in [3.8, 4) is 0 Å². The van der Waals surface area contributed by atoms with Gasteiger partial charge in [0, 0.05) is 5.71 Å². The summed E-state index contributed by atoms with van der Waals surface area (Å²) in [6, 6.07) is 0. The second-order valence-electron chi connectivity index (χ2n) is 3.42. The summed E-state index contributed by atoms with van der Waals surface area (Å²) in [5.41, 5.74) is 1.84. The van der Waals surface area contributed by atoms with Crippen LogP contribution >= 0.6 is 0 Å². The van der Waals surface area contributed by atoms with Crippen LogP contribution < -0.4 is 0 Å². The molecule has 0 rings (SSSR count). The summed E-state index contributed by atoms with van der Waals surface area (Å²) in [5.74, 6) is 0.516. The molecule has 70 valence electrons. The Balaban J connectivity index is 4.13. The molecule has 0 aromatic carbocycles. The fourth-order valence-corrected chi connectivity index (χ4v) is 1.000. The van der Waals surface area contributed by atoms with E-state index in [0.29, 0.717) is 11.6 Å². The van der Waals surface area contributed by atoms with Crippen LogP contribution in [0.25, 0.3) is 0 Å². The molecule has 0 aliphatic carbocycles. The lowest BCUT2D eigenvalue weighted by molar-refractivity contribution is 0.648. The average Bonchev–Trinajstić information content (AvgIpc) is 2.11. The fourth-order valence-electron chi connectivity index (χ4n) is 1.000. The molecule has 0 aromatic heterocycles. The molecule has 0 aromatic rings. The topological polar surface area (TPSA) is 23.9 Å². The van der Waals surface area contributed by atoms with Crippen LogP contribution in [0.5, 0.6) is 0 Å². The van der Waals surface area contributed by atoms with Crippen LogP contribution in [-0.2, 0) is 0 Å². The molecule has 1 atom stereocenters. The van der Waals surface area contributed by atoms with E-state index in [9.17, 15) is 0 Å². The van der Waals surface area contributed by atoms with Gasteiger partial charge in [0.1, 0.15) is 0 Å². The summed E-state index contributed by atoms with van der Waals surface area (Å²) < 4.78 is 0. The van der Waals surface area contributed by atoms with Crippen LogP contribution in [0.4, 0.5) is 0 Å². The molecule has 0 fully saturated rings. The highest BCUT2D eigenvalue weighted by Gasteiger charge is 1.99. The van der Waals surface area contributed by atoms with Gasteiger partial charge in [0.15, 0.2) is 0 Å². The number of hydrogen-bond acceptors (Lipinski definition) is 1. The summed E-state index contributed by atoms with van der Waals surface area (Å²) >= 11 is 0. The van der Waals surface area contributed by atoms with Gasteiger partial charge in [-0.05, 0) is 32.3 Å². The van der Waals surface area contributed by atoms with Crippen LogP contribution in [0.2, 0.25) is 6.32 Å². The minimum absolute atomic E-state index is 0.516. The van der Waals surface area contributed by atoms with E-state index in [-0.39, 0.29) is 0 Å². The molecule has 1 nitrogen and oxygen atoms in total. The predicted molar refractivity (Wildman–Crippen MR) is 60.6 cm³/mol. The first-order valence-electron chi connectivity index (χ1n) is 4.68. The van der Waals surface area contributed by atoms with Crippen LogP contribution in [0, 0.1) is 11.3 Å². The number of hydrogen-bond donors (Lipinski definition) is 1. The molecule has 0 aliphatic heterocycles. The quantitative estimate of drug-likeness (QED) is 0.377. The van der Waals surface area contributed by atoms with Crippen molar-refractivity contribution in [3.63, 3.8) is 0 Å². The zero-order valence-electron chi connectivity index (χ0n) is 8.80. The highest BCUT2D eigenvalue weighted by molar-refractivity contribution is 6.08. The van der Waals surface area contributed by atoms with Crippen molar-refractivity contribution in [2.45, 2.75) is 33.5 Å². The maximum absolute atomic E-state index is 7.25. The lowest BCUT2D eigenvalue weighted by Gasteiger charge is -2.08. The van der Waals surface area contributed by atoms with Crippen LogP contribution in [0.15, 0.2) is 23.8 Å². The molecule has 0 spiro atoms. The van der Waals surface area contributed by atoms with E-state index in [1.54, 1.807) is 6.92 Å². The van der Waals surface area contributed by atoms with Gasteiger partial charge in [0.2, 0.25) is 0 Å². The van der Waals surface area contributed by atoms with Gasteiger partial charge in [-0.15, -0.1) is 0 Å². The third kappa shape index (κ3) is 6.38. The van der Waals surface area contributed by atoms with Crippen molar-refractivity contribution < 1.29 is 0 Å². The smallest absolute Gasteiger partial charge is 0.0656 e. The Labute approximate surface area is 82.8 Å². The molecular weight excluding hydrogens is 157 g/mol. The number of allylic oxidation sites excluding steroid dienone is 4. The molecule has 1 unspecified atom stereocenters. The minimum Gasteiger partial charge on any atom is -0.306 e. The van der Waals surface area contributed by atoms with Crippen molar-refractivity contribution in [1.29, 1.82) is 5.41 Å². The van der Waals surface area contributed by atoms with Gasteiger partial charge in [0.05, 0.1) is 7.85 Å². The molecule has 0 saturated carbocycles. The number of rotatable bonds is 5. The first-order valence-corrected chi connectivity index (χ1v) is 4.68. The largest absolute Gasteiger partial charge is 0.306 e. The molecule has 0 bridgehead atoms. The van der Waals surface area contributed by atoms with Gasteiger partial charge in [-0.3, -0.25) is 0 Å². The standard InChI is InChI=1S/C11H18BN/c1-4-11(6-5-10(3)13)7-9(2)8-12/h4-6,9,13H,7-8H2,1-3H3/b6-5-,11-4+,13-10?. The van der Waals surface area contributed by atoms with Gasteiger partial charge in [0.25, 0.3) is 0 Å². The maximum Gasteiger partial charge on any atom is 0.0656 e. The van der Waals surface area contributed by atoms with E-state index in [1.807, 2.05) is 19.1 Å². The molecule has 2 heteroatoms. The Morgan fingerprint density at radius 1 is 1.46 bits per heavy atom. The van der Waals surface area contributed by atoms with Gasteiger partial charge >= 0.3 is 0 Å². The Morgan fingerprint density at radius 2 is 2.08 bits per heavy atom. The molecular formula is C11H18BN. The van der Waals surface area contributed by atoms with Crippen molar-refractivity contribution in [1.82, 2.24) is 0 Å². The molecule has 13 heavy (non-hydrogen) atoms. The first kappa shape index (κ1) is 12.2. The predicted octanol–water partition coefficient (Wildman–Crippen LogP) is 3.14. The van der Waals surface area contributed by atoms with Crippen LogP contribution in [0.3, 0.4) is 0 Å². The highest BCUT2D eigenvalue weighted by atomic mass is 14.4. The molecule has 1 N–H and O–H groups in total. The van der Waals surface area contributed by atoms with Gasteiger partial charge < -0.3 is 5.41 Å². The van der Waals surface area contributed by atoms with Gasteiger partial charge in [-0.1, -0.05) is 31.0 Å². The maximum atomic E-state index is 7.25. The Hall–Kier alpha value is -0.785. The first-order chi connectivity index (χ1) is 6.10. The van der Waals surface area contributed by atoms with E-state index in [0.717, 1.165) is 12.7 Å². The summed E-state index contributed by atoms with van der Waals surface area (Å²) in [4.78, 5) is 0. The molecule has 0 saturated heterocycles. The summed E-state index contributed by atoms with van der Waals surface area (Å²) in [6.07, 6.45) is 7.60. The molecule has 2 radical (unpaired) electrons. The minimum atomic E-state index is 0.516. The van der Waals surface area contributed by atoms with E-state index in [2.05, 4.69) is 13.0 Å². The van der Waals surface area contributed by atoms with Crippen molar-refractivity contribution in [3.05, 3.63) is 23.8 Å². The SMILES string of the molecule is [B]CC(C)CC(/C=C\C(C)=N)=C/C. The Kier molecular flexibility index (Phi) is 6.30. The van der Waals surface area contributed by atoms with Crippen molar-refractivity contribution in [2.75, 3.05) is 0 Å². The van der Waals surface area contributed by atoms with Gasteiger partial charge in [-0.2, -0.15) is 0 Å². The zero-order valence-corrected chi connectivity index (χ0v) is 8.80. The van der Waals surface area contributed by atoms with E-state index in [1.165, 1.54) is 5.57 Å². The highest BCUT2D eigenvalue weighted by Crippen LogP contribution is 2.14. The normalized spacial score (nSPS) is 14.8. The van der Waals surface area contributed by atoms with Crippen molar-refractivity contribution >= 4 is 13.6 Å². The summed E-state index contributed by atoms with van der Waals surface area (Å²) in [5, 5.41) is 7.25.